The third-order valence-electron chi connectivity index (χ3n) is 4.18. The van der Waals surface area contributed by atoms with E-state index in [0.717, 1.165) is 23.2 Å². The number of anilines is 3. The summed E-state index contributed by atoms with van der Waals surface area (Å²) >= 11 is 0. The summed E-state index contributed by atoms with van der Waals surface area (Å²) in [6.45, 7) is 0.405. The zero-order valence-electron chi connectivity index (χ0n) is 15.1. The van der Waals surface area contributed by atoms with Gasteiger partial charge in [-0.1, -0.05) is 54.6 Å². The number of rotatable bonds is 7. The molecule has 3 rings (SSSR count). The first-order valence-corrected chi connectivity index (χ1v) is 10.5. The molecule has 0 aliphatic heterocycles. The molecule has 6 heteroatoms. The summed E-state index contributed by atoms with van der Waals surface area (Å²) in [5.74, 6) is 0. The minimum atomic E-state index is -3.36. The maximum Gasteiger partial charge on any atom is 0.229 e. The molecule has 5 nitrogen and oxygen atoms in total. The fourth-order valence-electron chi connectivity index (χ4n) is 3.10. The third-order valence-corrected chi connectivity index (χ3v) is 4.79. The molecule has 3 N–H and O–H groups in total. The quantitative estimate of drug-likeness (QED) is 0.651. The van der Waals surface area contributed by atoms with Crippen LogP contribution in [0.3, 0.4) is 0 Å². The summed E-state index contributed by atoms with van der Waals surface area (Å²) in [4.78, 5) is 2.13. The molecule has 1 unspecified atom stereocenters. The second kappa shape index (κ2) is 8.24. The minimum absolute atomic E-state index is 0.0953. The summed E-state index contributed by atoms with van der Waals surface area (Å²) in [5, 5.41) is 0. The Kier molecular flexibility index (Phi) is 5.78. The van der Waals surface area contributed by atoms with Crippen LogP contribution in [0.1, 0.15) is 11.6 Å². The molecule has 0 aliphatic carbocycles. The topological polar surface area (TPSA) is 75.4 Å². The number of nitrogens with one attached hydrogen (secondary N) is 1. The average molecular weight is 382 g/mol. The van der Waals surface area contributed by atoms with Gasteiger partial charge in [0.25, 0.3) is 0 Å². The van der Waals surface area contributed by atoms with Crippen molar-refractivity contribution in [2.24, 2.45) is 5.73 Å². The molecule has 3 aromatic carbocycles. The van der Waals surface area contributed by atoms with E-state index in [0.29, 0.717) is 12.2 Å². The molecular weight excluding hydrogens is 358 g/mol. The van der Waals surface area contributed by atoms with Gasteiger partial charge in [-0.15, -0.1) is 0 Å². The number of nitrogens with two attached hydrogens (primary N) is 1. The van der Waals surface area contributed by atoms with Gasteiger partial charge in [0.2, 0.25) is 10.0 Å². The maximum atomic E-state index is 11.6. The molecular formula is C21H23N3O2S. The Balaban J connectivity index is 2.10. The predicted octanol–water partition coefficient (Wildman–Crippen LogP) is 3.90. The van der Waals surface area contributed by atoms with E-state index < -0.39 is 10.0 Å². The van der Waals surface area contributed by atoms with Gasteiger partial charge in [-0.3, -0.25) is 4.72 Å². The standard InChI is InChI=1S/C21H23N3O2S/c1-27(25,26)23-18-11-8-14-20(15-18)24(19-12-6-3-7-13-19)21(16-22)17-9-4-2-5-10-17/h2-15,21,23H,16,22H2,1H3. The van der Waals surface area contributed by atoms with E-state index in [1.54, 1.807) is 6.07 Å². The van der Waals surface area contributed by atoms with Crippen LogP contribution in [0.4, 0.5) is 17.1 Å². The van der Waals surface area contributed by atoms with Crippen molar-refractivity contribution in [1.82, 2.24) is 0 Å². The van der Waals surface area contributed by atoms with Crippen molar-refractivity contribution < 1.29 is 8.42 Å². The zero-order chi connectivity index (χ0) is 19.3. The lowest BCUT2D eigenvalue weighted by molar-refractivity contribution is 0.607. The van der Waals surface area contributed by atoms with Gasteiger partial charge in [0.15, 0.2) is 0 Å². The van der Waals surface area contributed by atoms with Crippen LogP contribution < -0.4 is 15.4 Å². The normalized spacial score (nSPS) is 12.4. The second-order valence-corrected chi connectivity index (χ2v) is 8.04. The Hall–Kier alpha value is -2.83. The van der Waals surface area contributed by atoms with Crippen LogP contribution in [0, 0.1) is 0 Å². The lowest BCUT2D eigenvalue weighted by Crippen LogP contribution is -2.30. The highest BCUT2D eigenvalue weighted by Gasteiger charge is 2.21. The fraction of sp³-hybridized carbons (Fsp3) is 0.143. The van der Waals surface area contributed by atoms with Gasteiger partial charge in [-0.2, -0.15) is 0 Å². The van der Waals surface area contributed by atoms with E-state index >= 15 is 0 Å². The Bertz CT molecular complexity index is 977. The SMILES string of the molecule is CS(=O)(=O)Nc1cccc(N(c2ccccc2)C(CN)c2ccccc2)c1. The number of para-hydroxylation sites is 1. The number of nitrogens with zero attached hydrogens (tertiary/aromatic N) is 1. The highest BCUT2D eigenvalue weighted by atomic mass is 32.2. The first-order chi connectivity index (χ1) is 13.0. The molecule has 0 amide bonds. The lowest BCUT2D eigenvalue weighted by Gasteiger charge is -2.34. The Morgan fingerprint density at radius 3 is 2.07 bits per heavy atom. The summed E-state index contributed by atoms with van der Waals surface area (Å²) < 4.78 is 25.8. The molecule has 27 heavy (non-hydrogen) atoms. The number of sulfonamides is 1. The molecule has 140 valence electrons. The van der Waals surface area contributed by atoms with Gasteiger partial charge in [-0.05, 0) is 35.9 Å². The average Bonchev–Trinajstić information content (AvgIpc) is 2.66. The molecule has 0 radical (unpaired) electrons. The van der Waals surface area contributed by atoms with Crippen LogP contribution >= 0.6 is 0 Å². The predicted molar refractivity (Wildman–Crippen MR) is 112 cm³/mol. The second-order valence-electron chi connectivity index (χ2n) is 6.29. The summed E-state index contributed by atoms with van der Waals surface area (Å²) in [6.07, 6.45) is 1.14. The Morgan fingerprint density at radius 1 is 0.889 bits per heavy atom. The van der Waals surface area contributed by atoms with Gasteiger partial charge in [0.05, 0.1) is 18.0 Å². The Morgan fingerprint density at radius 2 is 1.48 bits per heavy atom. The van der Waals surface area contributed by atoms with E-state index in [2.05, 4.69) is 9.62 Å². The monoisotopic (exact) mass is 381 g/mol. The van der Waals surface area contributed by atoms with E-state index in [1.165, 1.54) is 0 Å². The summed E-state index contributed by atoms with van der Waals surface area (Å²) in [5.41, 5.74) is 9.60. The number of hydrogen-bond donors (Lipinski definition) is 2. The van der Waals surface area contributed by atoms with Gasteiger partial charge in [0, 0.05) is 17.9 Å². The molecule has 0 saturated heterocycles. The molecule has 1 atom stereocenters. The molecule has 0 heterocycles. The summed E-state index contributed by atoms with van der Waals surface area (Å²) in [6, 6.07) is 27.2. The van der Waals surface area contributed by atoms with E-state index in [4.69, 9.17) is 5.73 Å². The summed E-state index contributed by atoms with van der Waals surface area (Å²) in [7, 11) is -3.36. The molecule has 0 aromatic heterocycles. The third kappa shape index (κ3) is 4.87. The highest BCUT2D eigenvalue weighted by Crippen LogP contribution is 2.35. The molecule has 0 fully saturated rings. The number of hydrogen-bond acceptors (Lipinski definition) is 4. The molecule has 0 aliphatic rings. The minimum Gasteiger partial charge on any atom is -0.333 e. The van der Waals surface area contributed by atoms with Crippen molar-refractivity contribution in [2.75, 3.05) is 22.4 Å². The van der Waals surface area contributed by atoms with E-state index in [1.807, 2.05) is 78.9 Å². The lowest BCUT2D eigenvalue weighted by atomic mass is 10.0. The molecule has 0 bridgehead atoms. The largest absolute Gasteiger partial charge is 0.333 e. The van der Waals surface area contributed by atoms with Crippen molar-refractivity contribution in [3.8, 4) is 0 Å². The van der Waals surface area contributed by atoms with Crippen molar-refractivity contribution in [1.29, 1.82) is 0 Å². The smallest absolute Gasteiger partial charge is 0.229 e. The van der Waals surface area contributed by atoms with Crippen LogP contribution in [-0.2, 0) is 10.0 Å². The fourth-order valence-corrected chi connectivity index (χ4v) is 3.65. The van der Waals surface area contributed by atoms with E-state index in [9.17, 15) is 8.42 Å². The van der Waals surface area contributed by atoms with Crippen molar-refractivity contribution in [2.45, 2.75) is 6.04 Å². The van der Waals surface area contributed by atoms with Crippen LogP contribution in [0.15, 0.2) is 84.9 Å². The van der Waals surface area contributed by atoms with Crippen molar-refractivity contribution >= 4 is 27.1 Å². The van der Waals surface area contributed by atoms with Crippen molar-refractivity contribution in [3.05, 3.63) is 90.5 Å². The zero-order valence-corrected chi connectivity index (χ0v) is 15.9. The first kappa shape index (κ1) is 18.9. The van der Waals surface area contributed by atoms with Gasteiger partial charge >= 0.3 is 0 Å². The van der Waals surface area contributed by atoms with Gasteiger partial charge in [-0.25, -0.2) is 8.42 Å². The molecule has 3 aromatic rings. The van der Waals surface area contributed by atoms with Crippen LogP contribution in [0.2, 0.25) is 0 Å². The van der Waals surface area contributed by atoms with Gasteiger partial charge in [0.1, 0.15) is 0 Å². The maximum absolute atomic E-state index is 11.6. The number of benzene rings is 3. The van der Waals surface area contributed by atoms with Gasteiger partial charge < -0.3 is 10.6 Å². The molecule has 0 saturated carbocycles. The highest BCUT2D eigenvalue weighted by molar-refractivity contribution is 7.92. The van der Waals surface area contributed by atoms with Crippen molar-refractivity contribution in [3.63, 3.8) is 0 Å². The molecule has 0 spiro atoms. The van der Waals surface area contributed by atoms with Crippen LogP contribution in [0.5, 0.6) is 0 Å². The van der Waals surface area contributed by atoms with E-state index in [-0.39, 0.29) is 6.04 Å². The van der Waals surface area contributed by atoms with Crippen LogP contribution in [-0.4, -0.2) is 21.2 Å². The van der Waals surface area contributed by atoms with Crippen LogP contribution in [0.25, 0.3) is 0 Å². The first-order valence-electron chi connectivity index (χ1n) is 8.65. The Labute approximate surface area is 160 Å².